The highest BCUT2D eigenvalue weighted by molar-refractivity contribution is 7.71. The minimum Gasteiger partial charge on any atom is -0.339 e. The third-order valence-corrected chi connectivity index (χ3v) is 2.21. The minimum atomic E-state index is -0.117. The van der Waals surface area contributed by atoms with Crippen LogP contribution in [0.3, 0.4) is 0 Å². The molecule has 1 aromatic carbocycles. The monoisotopic (exact) mass is 261 g/mol. The molecule has 1 heterocycles. The number of benzene rings is 1. The number of carbonyl (C=O) groups excluding carboxylic acids is 1. The van der Waals surface area contributed by atoms with Gasteiger partial charge in [-0.2, -0.15) is 10.1 Å². The summed E-state index contributed by atoms with van der Waals surface area (Å²) in [4.78, 5) is 15.0. The molecule has 1 amide bonds. The summed E-state index contributed by atoms with van der Waals surface area (Å²) in [5, 5.41) is 12.1. The molecule has 3 N–H and O–H groups in total. The van der Waals surface area contributed by atoms with E-state index in [4.69, 9.17) is 12.2 Å². The van der Waals surface area contributed by atoms with Crippen LogP contribution in [0.5, 0.6) is 0 Å². The van der Waals surface area contributed by atoms with Gasteiger partial charge in [0.2, 0.25) is 10.7 Å². The quantitative estimate of drug-likeness (QED) is 0.738. The molecule has 0 bridgehead atoms. The van der Waals surface area contributed by atoms with Crippen LogP contribution in [0.2, 0.25) is 0 Å². The molecule has 0 fully saturated rings. The van der Waals surface area contributed by atoms with Crippen molar-refractivity contribution in [3.8, 4) is 0 Å². The summed E-state index contributed by atoms with van der Waals surface area (Å²) in [6.07, 6.45) is 1.53. The van der Waals surface area contributed by atoms with E-state index in [9.17, 15) is 4.79 Å². The van der Waals surface area contributed by atoms with E-state index in [0.717, 1.165) is 5.69 Å². The summed E-state index contributed by atoms with van der Waals surface area (Å²) >= 11 is 4.87. The average Bonchev–Trinajstić information content (AvgIpc) is 2.28. The summed E-state index contributed by atoms with van der Waals surface area (Å²) in [6, 6.07) is 7.27. The van der Waals surface area contributed by atoms with Crippen LogP contribution in [0.1, 0.15) is 6.92 Å². The maximum atomic E-state index is 11.0. The van der Waals surface area contributed by atoms with E-state index in [-0.39, 0.29) is 5.91 Å². The van der Waals surface area contributed by atoms with Crippen molar-refractivity contribution in [2.45, 2.75) is 6.92 Å². The zero-order chi connectivity index (χ0) is 13.0. The second kappa shape index (κ2) is 5.37. The molecule has 0 saturated heterocycles. The lowest BCUT2D eigenvalue weighted by Crippen LogP contribution is -2.05. The van der Waals surface area contributed by atoms with Gasteiger partial charge in [-0.25, -0.2) is 0 Å². The van der Waals surface area contributed by atoms with Crippen LogP contribution in [-0.2, 0) is 4.79 Å². The maximum Gasteiger partial charge on any atom is 0.221 e. The van der Waals surface area contributed by atoms with Crippen molar-refractivity contribution < 1.29 is 4.79 Å². The molecule has 92 valence electrons. The number of aromatic amines is 1. The lowest BCUT2D eigenvalue weighted by molar-refractivity contribution is -0.114. The van der Waals surface area contributed by atoms with Crippen LogP contribution in [0.25, 0.3) is 0 Å². The van der Waals surface area contributed by atoms with Crippen molar-refractivity contribution in [1.29, 1.82) is 0 Å². The lowest BCUT2D eigenvalue weighted by atomic mass is 10.2. The van der Waals surface area contributed by atoms with E-state index in [1.165, 1.54) is 13.1 Å². The van der Waals surface area contributed by atoms with Crippen molar-refractivity contribution in [2.24, 2.45) is 0 Å². The maximum absolute atomic E-state index is 11.0. The second-order valence-electron chi connectivity index (χ2n) is 3.56. The number of nitrogens with one attached hydrogen (secondary N) is 3. The Morgan fingerprint density at radius 1 is 1.39 bits per heavy atom. The van der Waals surface area contributed by atoms with Crippen LogP contribution < -0.4 is 10.6 Å². The second-order valence-corrected chi connectivity index (χ2v) is 3.95. The van der Waals surface area contributed by atoms with E-state index in [0.29, 0.717) is 16.3 Å². The van der Waals surface area contributed by atoms with Gasteiger partial charge in [0.15, 0.2) is 5.82 Å². The summed E-state index contributed by atoms with van der Waals surface area (Å²) in [5.41, 5.74) is 1.50. The summed E-state index contributed by atoms with van der Waals surface area (Å²) in [7, 11) is 0. The summed E-state index contributed by atoms with van der Waals surface area (Å²) < 4.78 is 0.304. The molecule has 0 spiro atoms. The molecular formula is C11H11N5OS. The Hall–Kier alpha value is -2.28. The lowest BCUT2D eigenvalue weighted by Gasteiger charge is -2.07. The van der Waals surface area contributed by atoms with Gasteiger partial charge in [0.25, 0.3) is 0 Å². The van der Waals surface area contributed by atoms with Gasteiger partial charge in [0.1, 0.15) is 0 Å². The van der Waals surface area contributed by atoms with Gasteiger partial charge in [0, 0.05) is 18.3 Å². The Labute approximate surface area is 108 Å². The number of carbonyl (C=O) groups is 1. The highest BCUT2D eigenvalue weighted by Crippen LogP contribution is 2.18. The third-order valence-electron chi connectivity index (χ3n) is 2.02. The first-order valence-corrected chi connectivity index (χ1v) is 5.61. The fourth-order valence-corrected chi connectivity index (χ4v) is 1.55. The standard InChI is InChI=1S/C11H11N5OS/c1-7(17)13-8-3-2-4-9(5-8)14-10-6-12-16-11(18)15-10/h2-6H,1H3,(H,13,17)(H2,14,15,16,18). The van der Waals surface area contributed by atoms with E-state index >= 15 is 0 Å². The molecule has 2 rings (SSSR count). The normalized spacial score (nSPS) is 9.83. The predicted octanol–water partition coefficient (Wildman–Crippen LogP) is 2.24. The average molecular weight is 261 g/mol. The first-order valence-electron chi connectivity index (χ1n) is 5.20. The third kappa shape index (κ3) is 3.36. The zero-order valence-electron chi connectivity index (χ0n) is 9.60. The summed E-state index contributed by atoms with van der Waals surface area (Å²) in [6.45, 7) is 1.46. The number of amides is 1. The van der Waals surface area contributed by atoms with Gasteiger partial charge in [-0.15, -0.1) is 0 Å². The van der Waals surface area contributed by atoms with E-state index in [2.05, 4.69) is 25.8 Å². The van der Waals surface area contributed by atoms with Crippen LogP contribution in [0.15, 0.2) is 30.5 Å². The highest BCUT2D eigenvalue weighted by atomic mass is 32.1. The Morgan fingerprint density at radius 2 is 2.17 bits per heavy atom. The Balaban J connectivity index is 2.19. The number of hydrogen-bond donors (Lipinski definition) is 3. The predicted molar refractivity (Wildman–Crippen MR) is 71.2 cm³/mol. The van der Waals surface area contributed by atoms with E-state index < -0.39 is 0 Å². The molecule has 0 saturated carbocycles. The van der Waals surface area contributed by atoms with E-state index in [1.54, 1.807) is 12.1 Å². The smallest absolute Gasteiger partial charge is 0.221 e. The van der Waals surface area contributed by atoms with Crippen molar-refractivity contribution in [2.75, 3.05) is 10.6 Å². The fraction of sp³-hybridized carbons (Fsp3) is 0.0909. The number of aromatic nitrogens is 3. The van der Waals surface area contributed by atoms with Gasteiger partial charge in [-0.3, -0.25) is 9.89 Å². The Kier molecular flexibility index (Phi) is 3.63. The van der Waals surface area contributed by atoms with Crippen molar-refractivity contribution in [3.63, 3.8) is 0 Å². The molecule has 0 atom stereocenters. The molecule has 0 aliphatic heterocycles. The van der Waals surface area contributed by atoms with Crippen LogP contribution in [0.4, 0.5) is 17.2 Å². The summed E-state index contributed by atoms with van der Waals surface area (Å²) in [5.74, 6) is 0.424. The van der Waals surface area contributed by atoms with Gasteiger partial charge in [-0.1, -0.05) is 6.07 Å². The van der Waals surface area contributed by atoms with Gasteiger partial charge >= 0.3 is 0 Å². The molecule has 2 aromatic rings. The number of anilines is 3. The van der Waals surface area contributed by atoms with E-state index in [1.807, 2.05) is 12.1 Å². The van der Waals surface area contributed by atoms with Crippen molar-refractivity contribution >= 4 is 35.3 Å². The molecule has 0 radical (unpaired) electrons. The number of hydrogen-bond acceptors (Lipinski definition) is 5. The molecule has 7 heteroatoms. The van der Waals surface area contributed by atoms with Crippen molar-refractivity contribution in [3.05, 3.63) is 35.2 Å². The first-order chi connectivity index (χ1) is 8.63. The first kappa shape index (κ1) is 12.2. The molecule has 18 heavy (non-hydrogen) atoms. The minimum absolute atomic E-state index is 0.117. The molecule has 1 aromatic heterocycles. The molecule has 0 aliphatic carbocycles. The van der Waals surface area contributed by atoms with Gasteiger partial charge < -0.3 is 10.6 Å². The van der Waals surface area contributed by atoms with Crippen molar-refractivity contribution in [1.82, 2.24) is 15.2 Å². The van der Waals surface area contributed by atoms with Gasteiger partial charge in [0.05, 0.1) is 6.20 Å². The highest BCUT2D eigenvalue weighted by Gasteiger charge is 1.99. The Bertz CT molecular complexity index is 625. The number of H-pyrrole nitrogens is 1. The van der Waals surface area contributed by atoms with Crippen LogP contribution in [-0.4, -0.2) is 21.1 Å². The topological polar surface area (TPSA) is 82.7 Å². The molecule has 0 unspecified atom stereocenters. The zero-order valence-corrected chi connectivity index (χ0v) is 10.4. The molecular weight excluding hydrogens is 250 g/mol. The molecule has 6 nitrogen and oxygen atoms in total. The van der Waals surface area contributed by atoms with Crippen LogP contribution >= 0.6 is 12.2 Å². The SMILES string of the molecule is CC(=O)Nc1cccc(Nc2cn[nH]c(=S)n2)c1. The van der Waals surface area contributed by atoms with Gasteiger partial charge in [-0.05, 0) is 30.4 Å². The van der Waals surface area contributed by atoms with Crippen LogP contribution in [0, 0.1) is 4.77 Å². The molecule has 0 aliphatic rings. The number of nitrogens with zero attached hydrogens (tertiary/aromatic N) is 2. The Morgan fingerprint density at radius 3 is 2.89 bits per heavy atom. The fourth-order valence-electron chi connectivity index (χ4n) is 1.40. The number of rotatable bonds is 3. The largest absolute Gasteiger partial charge is 0.339 e.